The highest BCUT2D eigenvalue weighted by molar-refractivity contribution is 6.04. The number of aromatic nitrogens is 2. The van der Waals surface area contributed by atoms with Crippen molar-refractivity contribution >= 4 is 27.9 Å². The van der Waals surface area contributed by atoms with Crippen molar-refractivity contribution < 1.29 is 14.8 Å². The van der Waals surface area contributed by atoms with Crippen molar-refractivity contribution in [3.63, 3.8) is 0 Å². The van der Waals surface area contributed by atoms with Crippen LogP contribution in [0.4, 0.5) is 5.82 Å². The van der Waals surface area contributed by atoms with Crippen molar-refractivity contribution in [3.05, 3.63) is 30.1 Å². The van der Waals surface area contributed by atoms with E-state index in [4.69, 9.17) is 9.52 Å². The number of furan rings is 1. The number of nitrogens with zero attached hydrogens (tertiary/aromatic N) is 2. The minimum absolute atomic E-state index is 0.102. The van der Waals surface area contributed by atoms with Gasteiger partial charge in [0.05, 0.1) is 6.61 Å². The zero-order chi connectivity index (χ0) is 12.5. The molecular formula is C13H14N3O2+. The Bertz CT molecular complexity index is 706. The van der Waals surface area contributed by atoms with E-state index in [9.17, 15) is 0 Å². The fourth-order valence-electron chi connectivity index (χ4n) is 2.07. The molecule has 0 saturated heterocycles. The number of para-hydroxylation sites is 1. The highest BCUT2D eigenvalue weighted by atomic mass is 16.3. The summed E-state index contributed by atoms with van der Waals surface area (Å²) in [5, 5.41) is 11.8. The summed E-state index contributed by atoms with van der Waals surface area (Å²) in [4.78, 5) is 8.81. The number of fused-ring (bicyclic) bond motifs is 3. The summed E-state index contributed by atoms with van der Waals surface area (Å²) in [6.07, 6.45) is 0. The quantitative estimate of drug-likeness (QED) is 0.717. The lowest BCUT2D eigenvalue weighted by Crippen LogP contribution is -2.79. The molecule has 0 aliphatic heterocycles. The second-order valence-electron chi connectivity index (χ2n) is 4.15. The van der Waals surface area contributed by atoms with Crippen LogP contribution < -0.4 is 5.32 Å². The highest BCUT2D eigenvalue weighted by Gasteiger charge is 2.16. The molecule has 1 aromatic carbocycles. The number of quaternary nitrogens is 1. The second kappa shape index (κ2) is 4.36. The van der Waals surface area contributed by atoms with Crippen molar-refractivity contribution in [2.45, 2.75) is 6.92 Å². The molecular weight excluding hydrogens is 230 g/mol. The molecule has 3 N–H and O–H groups in total. The first kappa shape index (κ1) is 11.1. The predicted molar refractivity (Wildman–Crippen MR) is 67.6 cm³/mol. The average Bonchev–Trinajstić information content (AvgIpc) is 2.75. The summed E-state index contributed by atoms with van der Waals surface area (Å²) < 4.78 is 5.80. The number of aliphatic hydroxyl groups is 1. The van der Waals surface area contributed by atoms with Gasteiger partial charge in [0, 0.05) is 5.39 Å². The van der Waals surface area contributed by atoms with Crippen LogP contribution >= 0.6 is 0 Å². The van der Waals surface area contributed by atoms with Gasteiger partial charge in [-0.15, -0.1) is 0 Å². The van der Waals surface area contributed by atoms with Gasteiger partial charge in [0.1, 0.15) is 23.5 Å². The first-order chi connectivity index (χ1) is 8.79. The number of aliphatic hydroxyl groups excluding tert-OH is 1. The van der Waals surface area contributed by atoms with Crippen LogP contribution in [0.3, 0.4) is 0 Å². The van der Waals surface area contributed by atoms with Gasteiger partial charge in [0.2, 0.25) is 5.58 Å². The molecule has 0 aliphatic rings. The molecule has 2 heterocycles. The van der Waals surface area contributed by atoms with Crippen LogP contribution in [0.5, 0.6) is 0 Å². The molecule has 3 aromatic rings. The molecule has 0 atom stereocenters. The lowest BCUT2D eigenvalue weighted by atomic mass is 10.2. The molecule has 3 rings (SSSR count). The number of hydrogen-bond acceptors (Lipinski definition) is 4. The first-order valence-electron chi connectivity index (χ1n) is 5.89. The van der Waals surface area contributed by atoms with Crippen LogP contribution in [0.25, 0.3) is 22.1 Å². The van der Waals surface area contributed by atoms with E-state index in [1.807, 2.05) is 36.5 Å². The van der Waals surface area contributed by atoms with E-state index in [0.717, 1.165) is 22.3 Å². The van der Waals surface area contributed by atoms with Crippen LogP contribution in [0.1, 0.15) is 5.82 Å². The van der Waals surface area contributed by atoms with Gasteiger partial charge in [0.25, 0.3) is 5.82 Å². The largest absolute Gasteiger partial charge is 0.446 e. The number of nitrogens with two attached hydrogens (primary N) is 1. The average molecular weight is 244 g/mol. The number of benzene rings is 1. The van der Waals surface area contributed by atoms with E-state index < -0.39 is 0 Å². The fraction of sp³-hybridized carbons (Fsp3) is 0.231. The number of aryl methyl sites for hydroxylation is 1. The normalized spacial score (nSPS) is 11.4. The van der Waals surface area contributed by atoms with Crippen molar-refractivity contribution in [3.8, 4) is 0 Å². The minimum atomic E-state index is 0.102. The molecule has 2 aromatic heterocycles. The van der Waals surface area contributed by atoms with Crippen molar-refractivity contribution in [2.24, 2.45) is 0 Å². The van der Waals surface area contributed by atoms with E-state index in [0.29, 0.717) is 18.0 Å². The first-order valence-corrected chi connectivity index (χ1v) is 5.89. The molecule has 5 nitrogen and oxygen atoms in total. The van der Waals surface area contributed by atoms with Crippen molar-refractivity contribution in [2.75, 3.05) is 13.2 Å². The Morgan fingerprint density at radius 3 is 2.94 bits per heavy atom. The third kappa shape index (κ3) is 1.73. The zero-order valence-electron chi connectivity index (χ0n) is 10.1. The molecule has 0 bridgehead atoms. The smallest absolute Gasteiger partial charge is 0.272 e. The Hall–Kier alpha value is -1.98. The summed E-state index contributed by atoms with van der Waals surface area (Å²) in [7, 11) is 0. The molecule has 0 saturated carbocycles. The lowest BCUT2D eigenvalue weighted by Gasteiger charge is -1.99. The molecule has 0 radical (unpaired) electrons. The van der Waals surface area contributed by atoms with E-state index in [2.05, 4.69) is 9.97 Å². The lowest BCUT2D eigenvalue weighted by molar-refractivity contribution is -0.575. The summed E-state index contributed by atoms with van der Waals surface area (Å²) in [5.41, 5.74) is 2.34. The van der Waals surface area contributed by atoms with Gasteiger partial charge in [-0.25, -0.2) is 4.98 Å². The summed E-state index contributed by atoms with van der Waals surface area (Å²) >= 11 is 0. The molecule has 5 heteroatoms. The fourth-order valence-corrected chi connectivity index (χ4v) is 2.07. The molecule has 0 fully saturated rings. The van der Waals surface area contributed by atoms with Crippen molar-refractivity contribution in [1.82, 2.24) is 9.97 Å². The van der Waals surface area contributed by atoms with Crippen LogP contribution in [0.15, 0.2) is 28.7 Å². The summed E-state index contributed by atoms with van der Waals surface area (Å²) in [5.74, 6) is 1.46. The van der Waals surface area contributed by atoms with Crippen LogP contribution in [-0.2, 0) is 0 Å². The number of hydrogen-bond donors (Lipinski definition) is 2. The van der Waals surface area contributed by atoms with Crippen LogP contribution in [0.2, 0.25) is 0 Å². The number of rotatable bonds is 3. The standard InChI is InChI=1S/C13H13N3O2/c1-8-15-11-9-4-2-3-5-10(9)18-12(11)13(16-8)14-6-7-17/h2-5,17H,6-7H2,1H3,(H,14,15,16)/p+1. The molecule has 0 aliphatic carbocycles. The van der Waals surface area contributed by atoms with E-state index in [-0.39, 0.29) is 6.61 Å². The Morgan fingerprint density at radius 1 is 1.28 bits per heavy atom. The minimum Gasteiger partial charge on any atom is -0.446 e. The Morgan fingerprint density at radius 2 is 2.11 bits per heavy atom. The highest BCUT2D eigenvalue weighted by Crippen LogP contribution is 2.29. The maximum atomic E-state index is 8.90. The van der Waals surface area contributed by atoms with Gasteiger partial charge in [-0.3, -0.25) is 5.32 Å². The van der Waals surface area contributed by atoms with Gasteiger partial charge in [0.15, 0.2) is 0 Å². The van der Waals surface area contributed by atoms with Gasteiger partial charge in [-0.2, -0.15) is 4.98 Å². The Balaban J connectivity index is 2.29. The van der Waals surface area contributed by atoms with Gasteiger partial charge < -0.3 is 9.52 Å². The monoisotopic (exact) mass is 244 g/mol. The molecule has 0 spiro atoms. The predicted octanol–water partition coefficient (Wildman–Crippen LogP) is 0.872. The third-order valence-corrected chi connectivity index (χ3v) is 2.82. The maximum absolute atomic E-state index is 8.90. The van der Waals surface area contributed by atoms with Gasteiger partial charge in [-0.05, 0) is 19.1 Å². The topological polar surface area (TPSA) is 75.8 Å². The Kier molecular flexibility index (Phi) is 2.70. The third-order valence-electron chi connectivity index (χ3n) is 2.82. The molecule has 18 heavy (non-hydrogen) atoms. The molecule has 92 valence electrons. The zero-order valence-corrected chi connectivity index (χ0v) is 10.1. The van der Waals surface area contributed by atoms with Gasteiger partial charge >= 0.3 is 0 Å². The summed E-state index contributed by atoms with van der Waals surface area (Å²) in [6, 6.07) is 7.81. The Labute approximate surface area is 103 Å². The summed E-state index contributed by atoms with van der Waals surface area (Å²) in [6.45, 7) is 2.52. The SMILES string of the molecule is Cc1nc([NH2+]CCO)c2oc3ccccc3c2n1. The molecule has 0 unspecified atom stereocenters. The van der Waals surface area contributed by atoms with E-state index in [1.165, 1.54) is 0 Å². The van der Waals surface area contributed by atoms with Crippen molar-refractivity contribution in [1.29, 1.82) is 0 Å². The van der Waals surface area contributed by atoms with Crippen LogP contribution in [0, 0.1) is 6.92 Å². The van der Waals surface area contributed by atoms with E-state index >= 15 is 0 Å². The van der Waals surface area contributed by atoms with Gasteiger partial charge in [-0.1, -0.05) is 12.1 Å². The maximum Gasteiger partial charge on any atom is 0.272 e. The molecule has 0 amide bonds. The second-order valence-corrected chi connectivity index (χ2v) is 4.15. The van der Waals surface area contributed by atoms with E-state index in [1.54, 1.807) is 0 Å². The van der Waals surface area contributed by atoms with Crippen LogP contribution in [-0.4, -0.2) is 28.2 Å².